The zero-order valence-electron chi connectivity index (χ0n) is 14.7. The van der Waals surface area contributed by atoms with Gasteiger partial charge in [0.05, 0.1) is 19.6 Å². The molecule has 1 fully saturated rings. The molecule has 3 rings (SSSR count). The molecule has 6 heteroatoms. The first-order valence-electron chi connectivity index (χ1n) is 8.96. The number of nitrogens with zero attached hydrogens (tertiary/aromatic N) is 1. The number of thiophene rings is 1. The van der Waals surface area contributed by atoms with Crippen molar-refractivity contribution in [2.24, 2.45) is 0 Å². The highest BCUT2D eigenvalue weighted by molar-refractivity contribution is 7.10. The number of hydrogen-bond donors (Lipinski definition) is 1. The molecule has 1 aliphatic rings. The molecule has 2 amide bonds. The predicted octanol–water partition coefficient (Wildman–Crippen LogP) is 2.79. The quantitative estimate of drug-likeness (QED) is 0.761. The van der Waals surface area contributed by atoms with E-state index in [1.807, 2.05) is 52.7 Å². The van der Waals surface area contributed by atoms with Crippen molar-refractivity contribution in [1.82, 2.24) is 10.2 Å². The summed E-state index contributed by atoms with van der Waals surface area (Å²) in [6.45, 7) is 2.31. The fraction of sp³-hybridized carbons (Fsp3) is 0.400. The second-order valence-electron chi connectivity index (χ2n) is 6.32. The van der Waals surface area contributed by atoms with Crippen molar-refractivity contribution in [2.45, 2.75) is 25.4 Å². The molecule has 1 unspecified atom stereocenters. The number of nitrogens with one attached hydrogen (secondary N) is 1. The minimum Gasteiger partial charge on any atom is -0.370 e. The van der Waals surface area contributed by atoms with Crippen LogP contribution in [0.1, 0.15) is 29.4 Å². The maximum atomic E-state index is 12.4. The molecular weight excluding hydrogens is 348 g/mol. The lowest BCUT2D eigenvalue weighted by Crippen LogP contribution is -2.42. The smallest absolute Gasteiger partial charge is 0.225 e. The average molecular weight is 372 g/mol. The van der Waals surface area contributed by atoms with Gasteiger partial charge in [0.1, 0.15) is 6.10 Å². The Morgan fingerprint density at radius 1 is 1.19 bits per heavy atom. The molecule has 2 aromatic rings. The van der Waals surface area contributed by atoms with E-state index in [9.17, 15) is 9.59 Å². The number of ether oxygens (including phenoxy) is 1. The van der Waals surface area contributed by atoms with E-state index in [-0.39, 0.29) is 17.9 Å². The van der Waals surface area contributed by atoms with Crippen molar-refractivity contribution in [1.29, 1.82) is 0 Å². The second kappa shape index (κ2) is 9.50. The first kappa shape index (κ1) is 18.6. The summed E-state index contributed by atoms with van der Waals surface area (Å²) in [5.74, 6) is 0.136. The molecule has 0 bridgehead atoms. The van der Waals surface area contributed by atoms with Crippen LogP contribution in [0.3, 0.4) is 0 Å². The van der Waals surface area contributed by atoms with Gasteiger partial charge in [-0.1, -0.05) is 36.4 Å². The van der Waals surface area contributed by atoms with Gasteiger partial charge < -0.3 is 15.0 Å². The van der Waals surface area contributed by atoms with E-state index in [4.69, 9.17) is 4.74 Å². The van der Waals surface area contributed by atoms with Crippen LogP contribution >= 0.6 is 11.3 Å². The summed E-state index contributed by atoms with van der Waals surface area (Å²) in [7, 11) is 0. The predicted molar refractivity (Wildman–Crippen MR) is 102 cm³/mol. The highest BCUT2D eigenvalue weighted by Gasteiger charge is 2.24. The monoisotopic (exact) mass is 372 g/mol. The van der Waals surface area contributed by atoms with Gasteiger partial charge >= 0.3 is 0 Å². The van der Waals surface area contributed by atoms with Crippen molar-refractivity contribution >= 4 is 23.2 Å². The Bertz CT molecular complexity index is 703. The molecule has 0 aliphatic carbocycles. The van der Waals surface area contributed by atoms with Crippen molar-refractivity contribution in [3.05, 3.63) is 58.3 Å². The third-order valence-electron chi connectivity index (χ3n) is 4.39. The topological polar surface area (TPSA) is 58.6 Å². The molecule has 26 heavy (non-hydrogen) atoms. The molecular formula is C20H24N2O3S. The molecule has 138 valence electrons. The van der Waals surface area contributed by atoms with E-state index < -0.39 is 0 Å². The molecule has 1 saturated heterocycles. The first-order valence-corrected chi connectivity index (χ1v) is 9.84. The van der Waals surface area contributed by atoms with Crippen LogP contribution in [0.15, 0.2) is 47.8 Å². The molecule has 5 nitrogen and oxygen atoms in total. The van der Waals surface area contributed by atoms with Crippen LogP contribution < -0.4 is 5.32 Å². The van der Waals surface area contributed by atoms with E-state index in [0.29, 0.717) is 45.5 Å². The Hall–Kier alpha value is -2.18. The molecule has 0 radical (unpaired) electrons. The number of morpholine rings is 1. The van der Waals surface area contributed by atoms with E-state index >= 15 is 0 Å². The van der Waals surface area contributed by atoms with E-state index in [2.05, 4.69) is 5.32 Å². The summed E-state index contributed by atoms with van der Waals surface area (Å²) in [4.78, 5) is 27.2. The Labute approximate surface area is 158 Å². The number of carbonyl (C=O) groups excluding carboxylic acids is 2. The summed E-state index contributed by atoms with van der Waals surface area (Å²) < 4.78 is 5.80. The van der Waals surface area contributed by atoms with Crippen LogP contribution in [-0.4, -0.2) is 43.0 Å². The van der Waals surface area contributed by atoms with Crippen LogP contribution in [0.5, 0.6) is 0 Å². The summed E-state index contributed by atoms with van der Waals surface area (Å²) in [6.07, 6.45) is 1.45. The van der Waals surface area contributed by atoms with Crippen molar-refractivity contribution in [2.75, 3.05) is 26.2 Å². The van der Waals surface area contributed by atoms with Crippen LogP contribution in [-0.2, 0) is 20.7 Å². The highest BCUT2D eigenvalue weighted by Crippen LogP contribution is 2.22. The molecule has 1 aromatic carbocycles. The minimum atomic E-state index is -0.0561. The summed E-state index contributed by atoms with van der Waals surface area (Å²) in [5, 5.41) is 4.85. The van der Waals surface area contributed by atoms with Crippen LogP contribution in [0.25, 0.3) is 0 Å². The zero-order valence-corrected chi connectivity index (χ0v) is 15.5. The lowest BCUT2D eigenvalue weighted by atomic mass is 10.1. The minimum absolute atomic E-state index is 0.00964. The first-order chi connectivity index (χ1) is 12.7. The van der Waals surface area contributed by atoms with Gasteiger partial charge in [-0.3, -0.25) is 9.59 Å². The van der Waals surface area contributed by atoms with Gasteiger partial charge in [-0.05, 0) is 23.4 Å². The molecule has 1 aromatic heterocycles. The standard InChI is InChI=1S/C20H24N2O3S/c23-19(14-17-8-5-13-26-17)21-10-4-9-20(24)22-11-12-25-18(15-22)16-6-2-1-3-7-16/h1-3,5-8,13,18H,4,9-12,14-15H2,(H,21,23). The lowest BCUT2D eigenvalue weighted by molar-refractivity contribution is -0.139. The molecule has 1 N–H and O–H groups in total. The average Bonchev–Trinajstić information content (AvgIpc) is 3.19. The number of benzene rings is 1. The SMILES string of the molecule is O=C(Cc1cccs1)NCCCC(=O)N1CCOC(c2ccccc2)C1. The van der Waals surface area contributed by atoms with Crippen molar-refractivity contribution in [3.63, 3.8) is 0 Å². The number of hydrogen-bond acceptors (Lipinski definition) is 4. The molecule has 0 saturated carbocycles. The summed E-state index contributed by atoms with van der Waals surface area (Å²) in [6, 6.07) is 13.9. The third-order valence-corrected chi connectivity index (χ3v) is 5.27. The van der Waals surface area contributed by atoms with Gasteiger partial charge in [0.25, 0.3) is 0 Å². The van der Waals surface area contributed by atoms with Gasteiger partial charge in [-0.2, -0.15) is 0 Å². The van der Waals surface area contributed by atoms with Gasteiger partial charge in [0.15, 0.2) is 0 Å². The van der Waals surface area contributed by atoms with Gasteiger partial charge in [-0.15, -0.1) is 11.3 Å². The second-order valence-corrected chi connectivity index (χ2v) is 7.35. The van der Waals surface area contributed by atoms with Crippen LogP contribution in [0.4, 0.5) is 0 Å². The highest BCUT2D eigenvalue weighted by atomic mass is 32.1. The normalized spacial score (nSPS) is 17.1. The van der Waals surface area contributed by atoms with Gasteiger partial charge in [0, 0.05) is 24.4 Å². The molecule has 1 atom stereocenters. The van der Waals surface area contributed by atoms with Gasteiger partial charge in [-0.25, -0.2) is 0 Å². The Morgan fingerprint density at radius 3 is 2.81 bits per heavy atom. The van der Waals surface area contributed by atoms with Crippen LogP contribution in [0.2, 0.25) is 0 Å². The van der Waals surface area contributed by atoms with Gasteiger partial charge in [0.2, 0.25) is 11.8 Å². The van der Waals surface area contributed by atoms with Crippen LogP contribution in [0, 0.1) is 0 Å². The number of carbonyl (C=O) groups is 2. The summed E-state index contributed by atoms with van der Waals surface area (Å²) in [5.41, 5.74) is 1.10. The van der Waals surface area contributed by atoms with Crippen molar-refractivity contribution < 1.29 is 14.3 Å². The zero-order chi connectivity index (χ0) is 18.2. The van der Waals surface area contributed by atoms with E-state index in [0.717, 1.165) is 10.4 Å². The fourth-order valence-corrected chi connectivity index (χ4v) is 3.71. The van der Waals surface area contributed by atoms with E-state index in [1.54, 1.807) is 11.3 Å². The largest absolute Gasteiger partial charge is 0.370 e. The van der Waals surface area contributed by atoms with Crippen molar-refractivity contribution in [3.8, 4) is 0 Å². The molecule has 1 aliphatic heterocycles. The Morgan fingerprint density at radius 2 is 2.04 bits per heavy atom. The lowest BCUT2D eigenvalue weighted by Gasteiger charge is -2.33. The summed E-state index contributed by atoms with van der Waals surface area (Å²) >= 11 is 1.58. The maximum Gasteiger partial charge on any atom is 0.225 e. The Kier molecular flexibility index (Phi) is 6.80. The molecule has 2 heterocycles. The number of amides is 2. The maximum absolute atomic E-state index is 12.4. The molecule has 0 spiro atoms. The number of rotatable bonds is 7. The Balaban J connectivity index is 1.37. The fourth-order valence-electron chi connectivity index (χ4n) is 3.00. The van der Waals surface area contributed by atoms with E-state index in [1.165, 1.54) is 0 Å². The third kappa shape index (κ3) is 5.41.